The van der Waals surface area contributed by atoms with E-state index in [1.165, 1.54) is 11.3 Å². The molecule has 5 atom stereocenters. The molecule has 54 heavy (non-hydrogen) atoms. The zero-order chi connectivity index (χ0) is 38.6. The average Bonchev–Trinajstić information content (AvgIpc) is 3.59. The van der Waals surface area contributed by atoms with Crippen molar-refractivity contribution >= 4 is 40.5 Å². The number of methoxy groups -OCH3 is 1. The highest BCUT2D eigenvalue weighted by atomic mass is 32.1. The van der Waals surface area contributed by atoms with Crippen LogP contribution in [0.4, 0.5) is 0 Å². The maximum Gasteiger partial charge on any atom is 0.293 e. The molecule has 0 unspecified atom stereocenters. The van der Waals surface area contributed by atoms with E-state index in [4.69, 9.17) is 24.2 Å². The number of fused-ring (bicyclic) bond motifs is 1. The molecule has 1 saturated heterocycles. The number of rotatable bonds is 17. The van der Waals surface area contributed by atoms with Crippen molar-refractivity contribution in [3.05, 3.63) is 58.2 Å². The second kappa shape index (κ2) is 17.1. The van der Waals surface area contributed by atoms with Gasteiger partial charge in [-0.25, -0.2) is 10.4 Å². The van der Waals surface area contributed by atoms with Crippen LogP contribution in [0.3, 0.4) is 0 Å². The monoisotopic (exact) mass is 758 g/mol. The van der Waals surface area contributed by atoms with Gasteiger partial charge in [0.2, 0.25) is 5.91 Å². The molecule has 2 fully saturated rings. The normalized spacial score (nSPS) is 19.0. The minimum absolute atomic E-state index is 0.0968. The Labute approximate surface area is 321 Å². The first kappa shape index (κ1) is 39.5. The van der Waals surface area contributed by atoms with E-state index in [2.05, 4.69) is 67.3 Å². The van der Waals surface area contributed by atoms with E-state index in [1.807, 2.05) is 25.3 Å². The topological polar surface area (TPSA) is 137 Å². The van der Waals surface area contributed by atoms with Gasteiger partial charge >= 0.3 is 0 Å². The quantitative estimate of drug-likeness (QED) is 0.114. The number of hydrogen-bond donors (Lipinski definition) is 2. The molecule has 4 aromatic rings. The average molecular weight is 759 g/mol. The van der Waals surface area contributed by atoms with Crippen LogP contribution in [0, 0.1) is 17.3 Å². The van der Waals surface area contributed by atoms with Crippen molar-refractivity contribution in [2.24, 2.45) is 17.3 Å². The van der Waals surface area contributed by atoms with Crippen molar-refractivity contribution < 1.29 is 28.6 Å². The van der Waals surface area contributed by atoms with Gasteiger partial charge in [0.1, 0.15) is 17.2 Å². The molecule has 3 aromatic heterocycles. The summed E-state index contributed by atoms with van der Waals surface area (Å²) in [7, 11) is 1.69. The van der Waals surface area contributed by atoms with E-state index in [9.17, 15) is 14.4 Å². The zero-order valence-electron chi connectivity index (χ0n) is 32.5. The van der Waals surface area contributed by atoms with Gasteiger partial charge < -0.3 is 24.1 Å². The Morgan fingerprint density at radius 1 is 1.20 bits per heavy atom. The van der Waals surface area contributed by atoms with Crippen molar-refractivity contribution in [1.82, 2.24) is 30.3 Å². The highest BCUT2D eigenvalue weighted by molar-refractivity contribution is 7.10. The van der Waals surface area contributed by atoms with Crippen LogP contribution in [0.5, 0.6) is 0 Å². The summed E-state index contributed by atoms with van der Waals surface area (Å²) in [6.07, 6.45) is 4.12. The molecule has 290 valence electrons. The third kappa shape index (κ3) is 8.39. The summed E-state index contributed by atoms with van der Waals surface area (Å²) in [5.74, 6) is -0.137. The van der Waals surface area contributed by atoms with E-state index in [0.717, 1.165) is 70.5 Å². The van der Waals surface area contributed by atoms with Crippen molar-refractivity contribution in [3.8, 4) is 22.5 Å². The zero-order valence-corrected chi connectivity index (χ0v) is 33.3. The molecule has 1 aliphatic carbocycles. The number of aryl methyl sites for hydroxylation is 1. The van der Waals surface area contributed by atoms with Crippen LogP contribution in [0.2, 0.25) is 0 Å². The van der Waals surface area contributed by atoms with Gasteiger partial charge in [0.05, 0.1) is 29.8 Å². The highest BCUT2D eigenvalue weighted by Crippen LogP contribution is 2.42. The lowest BCUT2D eigenvalue weighted by Gasteiger charge is -2.33. The molecular weight excluding hydrogens is 705 g/mol. The van der Waals surface area contributed by atoms with Crippen molar-refractivity contribution in [1.29, 1.82) is 0 Å². The molecule has 1 saturated carbocycles. The molecule has 2 amide bonds. The standard InChI is InChI=1S/C41H54N6O6S/c1-8-46-33-15-14-27(20-30(33)31(21-41(5,6)23-52-24-48)36(46)28-13-12-16-42-34(28)26(4)51-7)32-22-54-39(44-32)37(53-9-2)35(45-38(49)29-19-25(29)3)40(50)47-18-11-10-17-43-47/h12-16,20,22,24-26,29,35,37,43H,8-11,17-19,21,23H2,1-7H3,(H,45,49)/t25-,26+,29-,35+,37+/m1/s1. The number of aromatic nitrogens is 3. The number of hydrazine groups is 1. The van der Waals surface area contributed by atoms with E-state index >= 15 is 0 Å². The predicted molar refractivity (Wildman–Crippen MR) is 209 cm³/mol. The summed E-state index contributed by atoms with van der Waals surface area (Å²) < 4.78 is 19.7. The van der Waals surface area contributed by atoms with Gasteiger partial charge in [0.15, 0.2) is 0 Å². The molecule has 4 heterocycles. The van der Waals surface area contributed by atoms with Crippen molar-refractivity contribution in [2.75, 3.05) is 33.4 Å². The fourth-order valence-electron chi connectivity index (χ4n) is 7.54. The lowest BCUT2D eigenvalue weighted by Crippen LogP contribution is -2.57. The Kier molecular flexibility index (Phi) is 12.5. The first-order valence-electron chi connectivity index (χ1n) is 19.1. The van der Waals surface area contributed by atoms with Crippen LogP contribution in [0.15, 0.2) is 41.9 Å². The summed E-state index contributed by atoms with van der Waals surface area (Å²) >= 11 is 1.43. The number of thiazole rings is 1. The number of ether oxygens (including phenoxy) is 3. The largest absolute Gasteiger partial charge is 0.467 e. The van der Waals surface area contributed by atoms with Crippen LogP contribution in [-0.4, -0.2) is 77.3 Å². The Bertz CT molecular complexity index is 1950. The summed E-state index contributed by atoms with van der Waals surface area (Å²) in [5.41, 5.74) is 9.58. The molecule has 0 bridgehead atoms. The van der Waals surface area contributed by atoms with E-state index in [-0.39, 0.29) is 35.9 Å². The van der Waals surface area contributed by atoms with Gasteiger partial charge in [0, 0.05) is 78.3 Å². The Balaban J connectivity index is 1.44. The molecule has 0 radical (unpaired) electrons. The van der Waals surface area contributed by atoms with Gasteiger partial charge in [-0.05, 0) is 82.2 Å². The number of amides is 2. The lowest BCUT2D eigenvalue weighted by molar-refractivity contribution is -0.145. The van der Waals surface area contributed by atoms with E-state index in [1.54, 1.807) is 18.3 Å². The number of carbonyl (C=O) groups is 3. The number of hydrogen-bond acceptors (Lipinski definition) is 10. The van der Waals surface area contributed by atoms with Crippen LogP contribution in [-0.2, 0) is 41.6 Å². The highest BCUT2D eigenvalue weighted by Gasteiger charge is 2.44. The van der Waals surface area contributed by atoms with Crippen molar-refractivity contribution in [2.45, 2.75) is 92.0 Å². The summed E-state index contributed by atoms with van der Waals surface area (Å²) in [6.45, 7) is 15.4. The van der Waals surface area contributed by atoms with Gasteiger partial charge in [0.25, 0.3) is 12.4 Å². The molecular formula is C41H54N6O6S. The van der Waals surface area contributed by atoms with Crippen LogP contribution >= 0.6 is 11.3 Å². The van der Waals surface area contributed by atoms with Crippen LogP contribution < -0.4 is 10.7 Å². The molecule has 12 nitrogen and oxygen atoms in total. The fourth-order valence-corrected chi connectivity index (χ4v) is 8.45. The second-order valence-corrected chi connectivity index (χ2v) is 16.1. The number of carbonyl (C=O) groups excluding carboxylic acids is 3. The smallest absolute Gasteiger partial charge is 0.293 e. The molecule has 6 rings (SSSR count). The van der Waals surface area contributed by atoms with Gasteiger partial charge in [-0.15, -0.1) is 11.3 Å². The molecule has 13 heteroatoms. The minimum atomic E-state index is -0.927. The van der Waals surface area contributed by atoms with Gasteiger partial charge in [-0.1, -0.05) is 26.8 Å². The van der Waals surface area contributed by atoms with Crippen molar-refractivity contribution in [3.63, 3.8) is 0 Å². The fraction of sp³-hybridized carbons (Fsp3) is 0.537. The maximum atomic E-state index is 14.1. The number of nitrogens with one attached hydrogen (secondary N) is 2. The molecule has 2 N–H and O–H groups in total. The second-order valence-electron chi connectivity index (χ2n) is 15.2. The molecule has 2 aliphatic rings. The van der Waals surface area contributed by atoms with Gasteiger partial charge in [-0.3, -0.25) is 24.4 Å². The van der Waals surface area contributed by atoms with Gasteiger partial charge in [-0.2, -0.15) is 0 Å². The third-order valence-electron chi connectivity index (χ3n) is 10.6. The molecule has 1 aliphatic heterocycles. The Morgan fingerprint density at radius 3 is 2.67 bits per heavy atom. The van der Waals surface area contributed by atoms with E-state index in [0.29, 0.717) is 43.5 Å². The first-order chi connectivity index (χ1) is 26.0. The number of pyridine rings is 1. The predicted octanol–water partition coefficient (Wildman–Crippen LogP) is 6.64. The summed E-state index contributed by atoms with van der Waals surface area (Å²) in [5, 5.41) is 8.38. The van der Waals surface area contributed by atoms with E-state index < -0.39 is 12.1 Å². The minimum Gasteiger partial charge on any atom is -0.467 e. The summed E-state index contributed by atoms with van der Waals surface area (Å²) in [6, 6.07) is 9.51. The first-order valence-corrected chi connectivity index (χ1v) is 20.0. The van der Waals surface area contributed by atoms with Crippen LogP contribution in [0.25, 0.3) is 33.4 Å². The Hall–Kier alpha value is -4.17. The van der Waals surface area contributed by atoms with Crippen LogP contribution in [0.1, 0.15) is 89.3 Å². The summed E-state index contributed by atoms with van der Waals surface area (Å²) in [4.78, 5) is 48.5. The Morgan fingerprint density at radius 2 is 2.00 bits per heavy atom. The number of nitrogens with zero attached hydrogens (tertiary/aromatic N) is 4. The SMILES string of the molecule is CCO[C@H](c1nc(-c2ccc3c(c2)c(CC(C)(C)COC=O)c(-c2cccnc2[C@H](C)OC)n3CC)cs1)[C@H](NC(=O)[C@@H]1C[C@H]1C)C(=O)N1CCCCN1. The molecule has 0 spiro atoms. The lowest BCUT2D eigenvalue weighted by atomic mass is 9.84. The maximum absolute atomic E-state index is 14.1. The third-order valence-corrected chi connectivity index (χ3v) is 11.5. The molecule has 1 aromatic carbocycles. The number of benzene rings is 1.